The minimum Gasteiger partial charge on any atom is -0.479 e. The quantitative estimate of drug-likeness (QED) is 0.469. The van der Waals surface area contributed by atoms with E-state index in [1.54, 1.807) is 12.1 Å². The summed E-state index contributed by atoms with van der Waals surface area (Å²) in [7, 11) is 0. The van der Waals surface area contributed by atoms with Gasteiger partial charge in [-0.05, 0) is 12.1 Å². The fourth-order valence-corrected chi connectivity index (χ4v) is 2.13. The Morgan fingerprint density at radius 2 is 1.87 bits per heavy atom. The molecular weight excluding hydrogens is 310 g/mol. The monoisotopic (exact) mass is 327 g/mol. The number of carbonyl (C=O) groups excluding carboxylic acids is 1. The highest BCUT2D eigenvalue weighted by molar-refractivity contribution is 5.88. The Labute approximate surface area is 131 Å². The molecule has 5 atom stereocenters. The van der Waals surface area contributed by atoms with Crippen molar-refractivity contribution in [3.05, 3.63) is 24.3 Å². The fraction of sp³-hybridized carbons (Fsp3) is 0.429. The molecular formula is C14H17NO8. The van der Waals surface area contributed by atoms with Crippen molar-refractivity contribution in [2.75, 3.05) is 5.32 Å². The number of aliphatic hydroxyl groups is 3. The van der Waals surface area contributed by atoms with Gasteiger partial charge in [0.2, 0.25) is 12.2 Å². The van der Waals surface area contributed by atoms with E-state index in [1.165, 1.54) is 19.1 Å². The molecule has 1 aromatic carbocycles. The van der Waals surface area contributed by atoms with Crippen molar-refractivity contribution in [3.8, 4) is 5.75 Å². The van der Waals surface area contributed by atoms with E-state index in [1.807, 2.05) is 0 Å². The fourth-order valence-electron chi connectivity index (χ4n) is 2.13. The smallest absolute Gasteiger partial charge is 0.335 e. The molecule has 126 valence electrons. The Morgan fingerprint density at radius 3 is 2.48 bits per heavy atom. The van der Waals surface area contributed by atoms with Crippen LogP contribution < -0.4 is 10.1 Å². The van der Waals surface area contributed by atoms with Gasteiger partial charge in [0.15, 0.2) is 6.10 Å². The van der Waals surface area contributed by atoms with Crippen molar-refractivity contribution in [2.24, 2.45) is 0 Å². The number of carboxylic acid groups (broad SMARTS) is 1. The van der Waals surface area contributed by atoms with Crippen LogP contribution >= 0.6 is 0 Å². The van der Waals surface area contributed by atoms with E-state index in [2.05, 4.69) is 5.32 Å². The van der Waals surface area contributed by atoms with Crippen LogP contribution in [0.5, 0.6) is 5.75 Å². The summed E-state index contributed by atoms with van der Waals surface area (Å²) < 4.78 is 10.3. The summed E-state index contributed by atoms with van der Waals surface area (Å²) in [6, 6.07) is 6.10. The number of amides is 1. The first-order valence-corrected chi connectivity index (χ1v) is 6.76. The van der Waals surface area contributed by atoms with Crippen molar-refractivity contribution in [2.45, 2.75) is 37.6 Å². The van der Waals surface area contributed by atoms with Gasteiger partial charge in [-0.2, -0.15) is 0 Å². The minimum atomic E-state index is -1.78. The molecule has 1 aliphatic heterocycles. The van der Waals surface area contributed by atoms with Crippen molar-refractivity contribution >= 4 is 17.6 Å². The molecule has 1 amide bonds. The maximum absolute atomic E-state index is 11.0. The molecule has 0 aromatic heterocycles. The zero-order valence-electron chi connectivity index (χ0n) is 12.1. The predicted octanol–water partition coefficient (Wildman–Crippen LogP) is -1.08. The second-order valence-corrected chi connectivity index (χ2v) is 5.06. The third kappa shape index (κ3) is 3.96. The Hall–Kier alpha value is -2.20. The number of aliphatic carboxylic acids is 1. The molecule has 0 bridgehead atoms. The first kappa shape index (κ1) is 17.2. The molecule has 0 aliphatic carbocycles. The zero-order valence-corrected chi connectivity index (χ0v) is 12.1. The molecule has 0 spiro atoms. The van der Waals surface area contributed by atoms with Crippen molar-refractivity contribution in [1.82, 2.24) is 0 Å². The lowest BCUT2D eigenvalue weighted by Crippen LogP contribution is -2.61. The van der Waals surface area contributed by atoms with Gasteiger partial charge in [0.05, 0.1) is 0 Å². The van der Waals surface area contributed by atoms with E-state index in [-0.39, 0.29) is 11.7 Å². The predicted molar refractivity (Wildman–Crippen MR) is 75.7 cm³/mol. The molecule has 1 saturated heterocycles. The number of anilines is 1. The number of benzene rings is 1. The van der Waals surface area contributed by atoms with E-state index in [0.29, 0.717) is 5.69 Å². The van der Waals surface area contributed by atoms with Crippen molar-refractivity contribution in [3.63, 3.8) is 0 Å². The highest BCUT2D eigenvalue weighted by Crippen LogP contribution is 2.26. The lowest BCUT2D eigenvalue weighted by atomic mass is 9.99. The summed E-state index contributed by atoms with van der Waals surface area (Å²) in [4.78, 5) is 22.0. The van der Waals surface area contributed by atoms with E-state index < -0.39 is 36.7 Å². The molecule has 5 N–H and O–H groups in total. The second kappa shape index (κ2) is 6.92. The van der Waals surface area contributed by atoms with Gasteiger partial charge in [0, 0.05) is 18.7 Å². The topological polar surface area (TPSA) is 146 Å². The van der Waals surface area contributed by atoms with E-state index in [9.17, 15) is 24.9 Å². The standard InChI is InChI=1S/C14H17NO8/c1-6(16)15-7-3-2-4-8(5-7)22-14-11(19)9(17)10(18)12(23-14)13(20)21/h2-5,9-12,14,17-19H,1H3,(H,15,16)(H,20,21). The number of aliphatic hydroxyl groups excluding tert-OH is 3. The van der Waals surface area contributed by atoms with Crippen LogP contribution in [0.25, 0.3) is 0 Å². The first-order chi connectivity index (χ1) is 10.8. The summed E-state index contributed by atoms with van der Waals surface area (Å²) in [5, 5.41) is 40.6. The van der Waals surface area contributed by atoms with Gasteiger partial charge in [-0.1, -0.05) is 6.07 Å². The van der Waals surface area contributed by atoms with E-state index >= 15 is 0 Å². The van der Waals surface area contributed by atoms with Crippen LogP contribution in [0.3, 0.4) is 0 Å². The number of ether oxygens (including phenoxy) is 2. The van der Waals surface area contributed by atoms with Gasteiger partial charge < -0.3 is 35.2 Å². The number of nitrogens with one attached hydrogen (secondary N) is 1. The second-order valence-electron chi connectivity index (χ2n) is 5.06. The summed E-state index contributed by atoms with van der Waals surface area (Å²) >= 11 is 0. The van der Waals surface area contributed by atoms with Gasteiger partial charge in [0.1, 0.15) is 24.1 Å². The highest BCUT2D eigenvalue weighted by Gasteiger charge is 2.48. The number of hydrogen-bond donors (Lipinski definition) is 5. The number of hydrogen-bond acceptors (Lipinski definition) is 7. The van der Waals surface area contributed by atoms with Crippen molar-refractivity contribution in [1.29, 1.82) is 0 Å². The lowest BCUT2D eigenvalue weighted by Gasteiger charge is -2.38. The largest absolute Gasteiger partial charge is 0.479 e. The Bertz CT molecular complexity index is 592. The third-order valence-corrected chi connectivity index (χ3v) is 3.22. The molecule has 1 aromatic rings. The summed E-state index contributed by atoms with van der Waals surface area (Å²) in [5.41, 5.74) is 0.427. The maximum Gasteiger partial charge on any atom is 0.335 e. The average Bonchev–Trinajstić information content (AvgIpc) is 2.47. The SMILES string of the molecule is CC(=O)Nc1cccc(OC2OC(C(=O)O)C(O)C(O)C2O)c1. The number of carbonyl (C=O) groups is 2. The lowest BCUT2D eigenvalue weighted by molar-refractivity contribution is -0.271. The molecule has 1 heterocycles. The van der Waals surface area contributed by atoms with Crippen molar-refractivity contribution < 1.29 is 39.5 Å². The molecule has 1 fully saturated rings. The van der Waals surface area contributed by atoms with Crippen LogP contribution in [-0.4, -0.2) is 63.0 Å². The number of rotatable bonds is 4. The van der Waals surface area contributed by atoms with Crippen LogP contribution in [0.2, 0.25) is 0 Å². The average molecular weight is 327 g/mol. The Morgan fingerprint density at radius 1 is 1.17 bits per heavy atom. The van der Waals surface area contributed by atoms with Gasteiger partial charge in [0.25, 0.3) is 0 Å². The van der Waals surface area contributed by atoms with Crippen LogP contribution in [0, 0.1) is 0 Å². The van der Waals surface area contributed by atoms with Crippen LogP contribution in [-0.2, 0) is 14.3 Å². The van der Waals surface area contributed by atoms with Gasteiger partial charge in [-0.3, -0.25) is 4.79 Å². The molecule has 23 heavy (non-hydrogen) atoms. The molecule has 9 heteroatoms. The minimum absolute atomic E-state index is 0.174. The molecule has 2 rings (SSSR count). The molecule has 0 radical (unpaired) electrons. The molecule has 0 saturated carbocycles. The number of carboxylic acids is 1. The highest BCUT2D eigenvalue weighted by atomic mass is 16.7. The first-order valence-electron chi connectivity index (χ1n) is 6.76. The summed E-state index contributed by atoms with van der Waals surface area (Å²) in [5.74, 6) is -1.61. The van der Waals surface area contributed by atoms with Crippen LogP contribution in [0.4, 0.5) is 5.69 Å². The molecule has 1 aliphatic rings. The van der Waals surface area contributed by atoms with Gasteiger partial charge in [-0.15, -0.1) is 0 Å². The zero-order chi connectivity index (χ0) is 17.1. The van der Waals surface area contributed by atoms with Crippen LogP contribution in [0.1, 0.15) is 6.92 Å². The van der Waals surface area contributed by atoms with E-state index in [4.69, 9.17) is 14.6 Å². The Kier molecular flexibility index (Phi) is 5.16. The third-order valence-electron chi connectivity index (χ3n) is 3.22. The summed E-state index contributed by atoms with van der Waals surface area (Å²) in [6.45, 7) is 1.33. The molecule has 9 nitrogen and oxygen atoms in total. The van der Waals surface area contributed by atoms with Gasteiger partial charge in [-0.25, -0.2) is 4.79 Å². The summed E-state index contributed by atoms with van der Waals surface area (Å²) in [6.07, 6.45) is -8.41. The Balaban J connectivity index is 2.14. The maximum atomic E-state index is 11.0. The van der Waals surface area contributed by atoms with E-state index in [0.717, 1.165) is 0 Å². The van der Waals surface area contributed by atoms with Crippen LogP contribution in [0.15, 0.2) is 24.3 Å². The molecule has 5 unspecified atom stereocenters. The van der Waals surface area contributed by atoms with Gasteiger partial charge >= 0.3 is 5.97 Å². The normalized spacial score (nSPS) is 30.5.